The smallest absolute Gasteiger partial charge is 0.319 e. The van der Waals surface area contributed by atoms with E-state index in [1.807, 2.05) is 12.1 Å². The molecule has 0 saturated heterocycles. The summed E-state index contributed by atoms with van der Waals surface area (Å²) < 4.78 is 0. The molecule has 1 aromatic rings. The number of hydrogen-bond acceptors (Lipinski definition) is 2. The number of carbonyl (C=O) groups is 1. The molecule has 4 nitrogen and oxygen atoms in total. The highest BCUT2D eigenvalue weighted by Gasteiger charge is 2.22. The van der Waals surface area contributed by atoms with Crippen LogP contribution in [0.5, 0.6) is 0 Å². The van der Waals surface area contributed by atoms with E-state index in [9.17, 15) is 4.79 Å². The van der Waals surface area contributed by atoms with Crippen molar-refractivity contribution >= 4 is 17.4 Å². The van der Waals surface area contributed by atoms with Gasteiger partial charge < -0.3 is 16.4 Å². The summed E-state index contributed by atoms with van der Waals surface area (Å²) in [7, 11) is 0. The van der Waals surface area contributed by atoms with Gasteiger partial charge in [0.15, 0.2) is 0 Å². The second-order valence-corrected chi connectivity index (χ2v) is 5.58. The molecule has 0 aromatic heterocycles. The number of nitrogens with one attached hydrogen (secondary N) is 2. The van der Waals surface area contributed by atoms with Gasteiger partial charge in [-0.15, -0.1) is 0 Å². The van der Waals surface area contributed by atoms with Gasteiger partial charge in [0.25, 0.3) is 0 Å². The van der Waals surface area contributed by atoms with E-state index in [2.05, 4.69) is 38.3 Å². The molecule has 0 unspecified atom stereocenters. The summed E-state index contributed by atoms with van der Waals surface area (Å²) in [5, 5.41) is 5.65. The van der Waals surface area contributed by atoms with Gasteiger partial charge in [0, 0.05) is 17.9 Å². The molecule has 18 heavy (non-hydrogen) atoms. The van der Waals surface area contributed by atoms with Crippen molar-refractivity contribution in [1.82, 2.24) is 5.32 Å². The van der Waals surface area contributed by atoms with Crippen LogP contribution in [0.25, 0.3) is 0 Å². The van der Waals surface area contributed by atoms with Crippen LogP contribution in [-0.4, -0.2) is 12.6 Å². The SMILES string of the molecule is CC(C)C(C)(C)CNC(=O)Nc1cccc(N)c1. The normalized spacial score (nSPS) is 11.4. The molecule has 1 rings (SSSR count). The molecule has 1 aromatic carbocycles. The van der Waals surface area contributed by atoms with Crippen molar-refractivity contribution in [2.45, 2.75) is 27.7 Å². The van der Waals surface area contributed by atoms with Crippen LogP contribution in [0.2, 0.25) is 0 Å². The number of nitrogens with two attached hydrogens (primary N) is 1. The molecule has 0 radical (unpaired) electrons. The van der Waals surface area contributed by atoms with Crippen molar-refractivity contribution in [2.75, 3.05) is 17.6 Å². The highest BCUT2D eigenvalue weighted by atomic mass is 16.2. The Labute approximate surface area is 109 Å². The predicted octanol–water partition coefficient (Wildman–Crippen LogP) is 3.07. The first-order valence-electron chi connectivity index (χ1n) is 6.21. The third kappa shape index (κ3) is 4.28. The van der Waals surface area contributed by atoms with Gasteiger partial charge in [-0.25, -0.2) is 4.79 Å². The van der Waals surface area contributed by atoms with Gasteiger partial charge in [0.05, 0.1) is 0 Å². The molecule has 0 heterocycles. The second kappa shape index (κ2) is 5.76. The van der Waals surface area contributed by atoms with Gasteiger partial charge in [-0.1, -0.05) is 33.8 Å². The Hall–Kier alpha value is -1.71. The Bertz CT molecular complexity index is 413. The lowest BCUT2D eigenvalue weighted by Crippen LogP contribution is -2.39. The summed E-state index contributed by atoms with van der Waals surface area (Å²) in [6.45, 7) is 9.21. The average molecular weight is 249 g/mol. The molecule has 2 amide bonds. The molecule has 0 aliphatic carbocycles. The van der Waals surface area contributed by atoms with Crippen LogP contribution in [0.1, 0.15) is 27.7 Å². The predicted molar refractivity (Wildman–Crippen MR) is 76.5 cm³/mol. The minimum absolute atomic E-state index is 0.0764. The van der Waals surface area contributed by atoms with E-state index in [1.165, 1.54) is 0 Å². The Morgan fingerprint density at radius 1 is 1.39 bits per heavy atom. The maximum absolute atomic E-state index is 11.7. The number of rotatable bonds is 4. The van der Waals surface area contributed by atoms with Crippen LogP contribution < -0.4 is 16.4 Å². The van der Waals surface area contributed by atoms with Gasteiger partial charge in [0.1, 0.15) is 0 Å². The second-order valence-electron chi connectivity index (χ2n) is 5.58. The molecule has 0 aliphatic heterocycles. The number of amides is 2. The summed E-state index contributed by atoms with van der Waals surface area (Å²) in [4.78, 5) is 11.7. The fourth-order valence-corrected chi connectivity index (χ4v) is 1.30. The Balaban J connectivity index is 2.48. The first kappa shape index (κ1) is 14.4. The first-order valence-corrected chi connectivity index (χ1v) is 6.21. The van der Waals surface area contributed by atoms with E-state index in [1.54, 1.807) is 12.1 Å². The van der Waals surface area contributed by atoms with Gasteiger partial charge in [-0.2, -0.15) is 0 Å². The van der Waals surface area contributed by atoms with Crippen LogP contribution in [0.3, 0.4) is 0 Å². The highest BCUT2D eigenvalue weighted by molar-refractivity contribution is 5.89. The number of anilines is 2. The topological polar surface area (TPSA) is 67.2 Å². The zero-order valence-electron chi connectivity index (χ0n) is 11.6. The monoisotopic (exact) mass is 249 g/mol. The molecular weight excluding hydrogens is 226 g/mol. The third-order valence-corrected chi connectivity index (χ3v) is 3.41. The standard InChI is InChI=1S/C14H23N3O/c1-10(2)14(3,4)9-16-13(18)17-12-7-5-6-11(15)8-12/h5-8,10H,9,15H2,1-4H3,(H2,16,17,18). The maximum atomic E-state index is 11.7. The molecule has 4 N–H and O–H groups in total. The quantitative estimate of drug-likeness (QED) is 0.718. The van der Waals surface area contributed by atoms with E-state index in [4.69, 9.17) is 5.73 Å². The summed E-state index contributed by atoms with van der Waals surface area (Å²) in [6.07, 6.45) is 0. The molecular formula is C14H23N3O. The Morgan fingerprint density at radius 2 is 2.06 bits per heavy atom. The number of carbonyl (C=O) groups excluding carboxylic acids is 1. The highest BCUT2D eigenvalue weighted by Crippen LogP contribution is 2.24. The Morgan fingerprint density at radius 3 is 2.61 bits per heavy atom. The molecule has 0 aliphatic rings. The van der Waals surface area contributed by atoms with Gasteiger partial charge >= 0.3 is 6.03 Å². The first-order chi connectivity index (χ1) is 8.31. The number of benzene rings is 1. The van der Waals surface area contributed by atoms with E-state index in [0.29, 0.717) is 23.8 Å². The lowest BCUT2D eigenvalue weighted by molar-refractivity contribution is 0.223. The number of urea groups is 1. The van der Waals surface area contributed by atoms with Crippen molar-refractivity contribution in [2.24, 2.45) is 11.3 Å². The van der Waals surface area contributed by atoms with E-state index in [0.717, 1.165) is 0 Å². The summed E-state index contributed by atoms with van der Waals surface area (Å²) in [5.41, 5.74) is 7.06. The number of nitrogen functional groups attached to an aromatic ring is 1. The van der Waals surface area contributed by atoms with Crippen LogP contribution in [0.15, 0.2) is 24.3 Å². The minimum atomic E-state index is -0.200. The van der Waals surface area contributed by atoms with Crippen LogP contribution in [0.4, 0.5) is 16.2 Å². The van der Waals surface area contributed by atoms with Crippen molar-refractivity contribution in [3.05, 3.63) is 24.3 Å². The van der Waals surface area contributed by atoms with Crippen molar-refractivity contribution < 1.29 is 4.79 Å². The van der Waals surface area contributed by atoms with Crippen molar-refractivity contribution in [1.29, 1.82) is 0 Å². The average Bonchev–Trinajstić information content (AvgIpc) is 2.26. The van der Waals surface area contributed by atoms with Gasteiger partial charge in [-0.3, -0.25) is 0 Å². The van der Waals surface area contributed by atoms with Crippen molar-refractivity contribution in [3.63, 3.8) is 0 Å². The fraction of sp³-hybridized carbons (Fsp3) is 0.500. The lowest BCUT2D eigenvalue weighted by Gasteiger charge is -2.29. The third-order valence-electron chi connectivity index (χ3n) is 3.41. The lowest BCUT2D eigenvalue weighted by atomic mass is 9.81. The molecule has 0 saturated carbocycles. The molecule has 0 spiro atoms. The van der Waals surface area contributed by atoms with E-state index in [-0.39, 0.29) is 11.4 Å². The summed E-state index contributed by atoms with van der Waals surface area (Å²) >= 11 is 0. The molecule has 0 atom stereocenters. The zero-order chi connectivity index (χ0) is 13.8. The van der Waals surface area contributed by atoms with Crippen molar-refractivity contribution in [3.8, 4) is 0 Å². The van der Waals surface area contributed by atoms with E-state index >= 15 is 0 Å². The van der Waals surface area contributed by atoms with E-state index < -0.39 is 0 Å². The van der Waals surface area contributed by atoms with Gasteiger partial charge in [0.2, 0.25) is 0 Å². The Kier molecular flexibility index (Phi) is 4.59. The molecule has 0 bridgehead atoms. The summed E-state index contributed by atoms with van der Waals surface area (Å²) in [5.74, 6) is 0.505. The summed E-state index contributed by atoms with van der Waals surface area (Å²) in [6, 6.07) is 6.93. The largest absolute Gasteiger partial charge is 0.399 e. The molecule has 0 fully saturated rings. The fourth-order valence-electron chi connectivity index (χ4n) is 1.30. The zero-order valence-corrected chi connectivity index (χ0v) is 11.6. The van der Waals surface area contributed by atoms with Crippen LogP contribution in [-0.2, 0) is 0 Å². The minimum Gasteiger partial charge on any atom is -0.399 e. The maximum Gasteiger partial charge on any atom is 0.319 e. The van der Waals surface area contributed by atoms with Crippen LogP contribution >= 0.6 is 0 Å². The number of hydrogen-bond donors (Lipinski definition) is 3. The molecule has 4 heteroatoms. The van der Waals surface area contributed by atoms with Gasteiger partial charge in [-0.05, 0) is 29.5 Å². The van der Waals surface area contributed by atoms with Crippen LogP contribution in [0, 0.1) is 11.3 Å². The molecule has 100 valence electrons.